The van der Waals surface area contributed by atoms with Crippen LogP contribution in [-0.4, -0.2) is 19.1 Å². The summed E-state index contributed by atoms with van der Waals surface area (Å²) in [6, 6.07) is 8.47. The number of hydrogen-bond donors (Lipinski definition) is 2. The standard InChI is InChI=1S/C16H23N3O.HI/c1-20-11-12-6-2-3-7-13(12)18-15(17)19-14-10-16(14)8-4-5-9-16;/h2-3,6-7,14H,4-5,8-11H2,1H3,(H3,17,18,19);1H. The van der Waals surface area contributed by atoms with Crippen molar-refractivity contribution in [3.8, 4) is 0 Å². The number of methoxy groups -OCH3 is 1. The monoisotopic (exact) mass is 401 g/mol. The van der Waals surface area contributed by atoms with Gasteiger partial charge in [-0.15, -0.1) is 24.0 Å². The SMILES string of the molecule is COCc1ccccc1NC(N)=NC1CC12CCCC2.I. The molecule has 0 bridgehead atoms. The molecule has 1 unspecified atom stereocenters. The number of nitrogens with zero attached hydrogens (tertiary/aromatic N) is 1. The van der Waals surface area contributed by atoms with Gasteiger partial charge in [0.05, 0.1) is 12.6 Å². The topological polar surface area (TPSA) is 59.6 Å². The molecule has 2 aliphatic carbocycles. The number of rotatable bonds is 4. The van der Waals surface area contributed by atoms with E-state index < -0.39 is 0 Å². The number of ether oxygens (including phenoxy) is 1. The molecule has 116 valence electrons. The predicted octanol–water partition coefficient (Wildman–Crippen LogP) is 3.51. The maximum Gasteiger partial charge on any atom is 0.193 e. The Balaban J connectivity index is 0.00000161. The minimum atomic E-state index is 0. The summed E-state index contributed by atoms with van der Waals surface area (Å²) in [6.45, 7) is 0.573. The van der Waals surface area contributed by atoms with Crippen molar-refractivity contribution >= 4 is 35.6 Å². The molecule has 0 radical (unpaired) electrons. The number of benzene rings is 1. The molecular weight excluding hydrogens is 377 g/mol. The van der Waals surface area contributed by atoms with Crippen LogP contribution in [0.1, 0.15) is 37.7 Å². The van der Waals surface area contributed by atoms with Crippen LogP contribution >= 0.6 is 24.0 Å². The van der Waals surface area contributed by atoms with Crippen molar-refractivity contribution in [1.29, 1.82) is 0 Å². The van der Waals surface area contributed by atoms with E-state index in [1.165, 1.54) is 32.1 Å². The van der Waals surface area contributed by atoms with Gasteiger partial charge in [0.1, 0.15) is 0 Å². The average molecular weight is 401 g/mol. The second-order valence-electron chi connectivity index (χ2n) is 6.02. The minimum Gasteiger partial charge on any atom is -0.380 e. The van der Waals surface area contributed by atoms with E-state index in [1.54, 1.807) is 7.11 Å². The number of nitrogens with two attached hydrogens (primary N) is 1. The lowest BCUT2D eigenvalue weighted by Gasteiger charge is -2.11. The molecule has 0 aromatic heterocycles. The number of aliphatic imine (C=N–C) groups is 1. The Morgan fingerprint density at radius 3 is 2.81 bits per heavy atom. The van der Waals surface area contributed by atoms with Crippen LogP contribution in [0.15, 0.2) is 29.3 Å². The predicted molar refractivity (Wildman–Crippen MR) is 97.1 cm³/mol. The van der Waals surface area contributed by atoms with Crippen molar-refractivity contribution in [3.05, 3.63) is 29.8 Å². The molecule has 3 rings (SSSR count). The van der Waals surface area contributed by atoms with E-state index in [4.69, 9.17) is 10.5 Å². The van der Waals surface area contributed by atoms with Gasteiger partial charge >= 0.3 is 0 Å². The summed E-state index contributed by atoms with van der Waals surface area (Å²) >= 11 is 0. The molecule has 0 amide bonds. The second-order valence-corrected chi connectivity index (χ2v) is 6.02. The Bertz CT molecular complexity index is 512. The van der Waals surface area contributed by atoms with Crippen LogP contribution in [0.25, 0.3) is 0 Å². The molecule has 2 saturated carbocycles. The molecule has 21 heavy (non-hydrogen) atoms. The van der Waals surface area contributed by atoms with Crippen LogP contribution in [0.5, 0.6) is 0 Å². The Kier molecular flexibility index (Phi) is 5.48. The first kappa shape index (κ1) is 16.5. The zero-order valence-corrected chi connectivity index (χ0v) is 14.8. The van der Waals surface area contributed by atoms with E-state index in [0.29, 0.717) is 24.0 Å². The highest BCUT2D eigenvalue weighted by Gasteiger charge is 2.55. The summed E-state index contributed by atoms with van der Waals surface area (Å²) in [5.41, 5.74) is 8.64. The van der Waals surface area contributed by atoms with Crippen LogP contribution in [0, 0.1) is 5.41 Å². The van der Waals surface area contributed by atoms with Gasteiger partial charge in [-0.1, -0.05) is 31.0 Å². The maximum atomic E-state index is 6.06. The van der Waals surface area contributed by atoms with E-state index in [9.17, 15) is 0 Å². The molecule has 0 saturated heterocycles. The average Bonchev–Trinajstić information content (AvgIpc) is 2.86. The number of para-hydroxylation sites is 1. The van der Waals surface area contributed by atoms with Gasteiger partial charge in [-0.05, 0) is 30.7 Å². The molecule has 1 aromatic carbocycles. The Hall–Kier alpha value is -0.820. The second kappa shape index (κ2) is 6.96. The van der Waals surface area contributed by atoms with Crippen LogP contribution in [0.3, 0.4) is 0 Å². The van der Waals surface area contributed by atoms with E-state index in [1.807, 2.05) is 24.3 Å². The lowest BCUT2D eigenvalue weighted by Crippen LogP contribution is -2.24. The first-order chi connectivity index (χ1) is 9.73. The molecule has 0 heterocycles. The first-order valence-corrected chi connectivity index (χ1v) is 7.41. The lowest BCUT2D eigenvalue weighted by atomic mass is 10.1. The summed E-state index contributed by atoms with van der Waals surface area (Å²) in [4.78, 5) is 4.66. The summed E-state index contributed by atoms with van der Waals surface area (Å²) in [5, 5.41) is 3.22. The zero-order chi connectivity index (χ0) is 14.0. The fourth-order valence-electron chi connectivity index (χ4n) is 3.39. The minimum absolute atomic E-state index is 0. The fourth-order valence-corrected chi connectivity index (χ4v) is 3.39. The fraction of sp³-hybridized carbons (Fsp3) is 0.562. The molecule has 5 heteroatoms. The van der Waals surface area contributed by atoms with Crippen molar-refractivity contribution in [1.82, 2.24) is 0 Å². The Labute approximate surface area is 143 Å². The summed E-state index contributed by atoms with van der Waals surface area (Å²) < 4.78 is 5.20. The van der Waals surface area contributed by atoms with Crippen LogP contribution in [0.2, 0.25) is 0 Å². The highest BCUT2D eigenvalue weighted by Crippen LogP contribution is 2.59. The van der Waals surface area contributed by atoms with E-state index in [2.05, 4.69) is 10.3 Å². The van der Waals surface area contributed by atoms with Gasteiger partial charge in [0.2, 0.25) is 0 Å². The molecule has 2 fully saturated rings. The van der Waals surface area contributed by atoms with Crippen LogP contribution < -0.4 is 11.1 Å². The van der Waals surface area contributed by atoms with Crippen molar-refractivity contribution in [3.63, 3.8) is 0 Å². The van der Waals surface area contributed by atoms with Gasteiger partial charge in [-0.25, -0.2) is 4.99 Å². The molecule has 1 spiro atoms. The molecular formula is C16H24IN3O. The van der Waals surface area contributed by atoms with Crippen LogP contribution in [0.4, 0.5) is 5.69 Å². The lowest BCUT2D eigenvalue weighted by molar-refractivity contribution is 0.185. The molecule has 1 atom stereocenters. The van der Waals surface area contributed by atoms with Gasteiger partial charge in [0.25, 0.3) is 0 Å². The molecule has 3 N–H and O–H groups in total. The number of guanidine groups is 1. The van der Waals surface area contributed by atoms with Crippen LogP contribution in [-0.2, 0) is 11.3 Å². The van der Waals surface area contributed by atoms with E-state index in [-0.39, 0.29) is 24.0 Å². The maximum absolute atomic E-state index is 6.06. The van der Waals surface area contributed by atoms with E-state index in [0.717, 1.165) is 11.3 Å². The number of halogens is 1. The smallest absolute Gasteiger partial charge is 0.193 e. The van der Waals surface area contributed by atoms with Crippen molar-refractivity contribution < 1.29 is 4.74 Å². The van der Waals surface area contributed by atoms with Gasteiger partial charge < -0.3 is 15.8 Å². The van der Waals surface area contributed by atoms with Gasteiger partial charge in [-0.3, -0.25) is 0 Å². The number of hydrogen-bond acceptors (Lipinski definition) is 2. The molecule has 0 aliphatic heterocycles. The highest BCUT2D eigenvalue weighted by atomic mass is 127. The summed E-state index contributed by atoms with van der Waals surface area (Å²) in [6.07, 6.45) is 6.59. The van der Waals surface area contributed by atoms with Crippen molar-refractivity contribution in [2.75, 3.05) is 12.4 Å². The van der Waals surface area contributed by atoms with E-state index >= 15 is 0 Å². The highest BCUT2D eigenvalue weighted by molar-refractivity contribution is 14.0. The Morgan fingerprint density at radius 2 is 2.10 bits per heavy atom. The molecule has 4 nitrogen and oxygen atoms in total. The number of anilines is 1. The van der Waals surface area contributed by atoms with Crippen molar-refractivity contribution in [2.24, 2.45) is 16.1 Å². The normalized spacial score (nSPS) is 22.9. The third-order valence-electron chi connectivity index (χ3n) is 4.62. The largest absolute Gasteiger partial charge is 0.380 e. The first-order valence-electron chi connectivity index (χ1n) is 7.41. The molecule has 1 aromatic rings. The van der Waals surface area contributed by atoms with Gasteiger partial charge in [0, 0.05) is 18.4 Å². The van der Waals surface area contributed by atoms with Crippen molar-refractivity contribution in [2.45, 2.75) is 44.8 Å². The van der Waals surface area contributed by atoms with Gasteiger partial charge in [0.15, 0.2) is 5.96 Å². The summed E-state index contributed by atoms with van der Waals surface area (Å²) in [5.74, 6) is 0.530. The Morgan fingerprint density at radius 1 is 1.38 bits per heavy atom. The van der Waals surface area contributed by atoms with Gasteiger partial charge in [-0.2, -0.15) is 0 Å². The summed E-state index contributed by atoms with van der Waals surface area (Å²) in [7, 11) is 1.70. The molecule has 2 aliphatic rings. The zero-order valence-electron chi connectivity index (χ0n) is 12.5. The number of nitrogens with one attached hydrogen (secondary N) is 1. The third kappa shape index (κ3) is 3.69. The quantitative estimate of drug-likeness (QED) is 0.461. The third-order valence-corrected chi connectivity index (χ3v) is 4.62.